The average Bonchev–Trinajstić information content (AvgIpc) is 2.31. The first kappa shape index (κ1) is 13.8. The molecule has 0 spiro atoms. The van der Waals surface area contributed by atoms with Crippen molar-refractivity contribution in [1.82, 2.24) is 0 Å². The van der Waals surface area contributed by atoms with E-state index < -0.39 is 0 Å². The number of methoxy groups -OCH3 is 1. The first-order chi connectivity index (χ1) is 8.02. The molecule has 0 saturated heterocycles. The summed E-state index contributed by atoms with van der Waals surface area (Å²) in [5.41, 5.74) is 0.530. The first-order valence-electron chi connectivity index (χ1n) is 5.34. The number of hydrogen-bond donors (Lipinski definition) is 2. The molecule has 1 amide bonds. The number of hydrogen-bond acceptors (Lipinski definition) is 3. The second-order valence-electron chi connectivity index (χ2n) is 3.80. The molecule has 1 aromatic carbocycles. The van der Waals surface area contributed by atoms with E-state index in [1.54, 1.807) is 13.2 Å². The van der Waals surface area contributed by atoms with Crippen molar-refractivity contribution in [3.8, 4) is 5.75 Å². The van der Waals surface area contributed by atoms with E-state index in [0.29, 0.717) is 18.5 Å². The van der Waals surface area contributed by atoms with Crippen molar-refractivity contribution < 1.29 is 14.6 Å². The summed E-state index contributed by atoms with van der Waals surface area (Å²) in [5, 5.41) is 12.3. The monoisotopic (exact) mass is 257 g/mol. The second kappa shape index (κ2) is 6.47. The average molecular weight is 258 g/mol. The van der Waals surface area contributed by atoms with Gasteiger partial charge in [-0.3, -0.25) is 4.79 Å². The molecule has 1 unspecified atom stereocenters. The van der Waals surface area contributed by atoms with E-state index in [9.17, 15) is 9.90 Å². The van der Waals surface area contributed by atoms with E-state index in [2.05, 4.69) is 5.32 Å². The van der Waals surface area contributed by atoms with Gasteiger partial charge in [0.2, 0.25) is 5.91 Å². The Morgan fingerprint density at radius 2 is 2.29 bits per heavy atom. The highest BCUT2D eigenvalue weighted by Gasteiger charge is 2.07. The number of phenols is 1. The van der Waals surface area contributed by atoms with Crippen molar-refractivity contribution >= 4 is 23.2 Å². The van der Waals surface area contributed by atoms with Crippen LogP contribution >= 0.6 is 11.6 Å². The lowest BCUT2D eigenvalue weighted by Gasteiger charge is -2.09. The number of phenolic OH excluding ortho intramolecular Hbond substituents is 1. The summed E-state index contributed by atoms with van der Waals surface area (Å²) in [6, 6.07) is 4.59. The highest BCUT2D eigenvalue weighted by atomic mass is 35.5. The number of rotatable bonds is 5. The van der Waals surface area contributed by atoms with Crippen LogP contribution in [0.5, 0.6) is 5.75 Å². The highest BCUT2D eigenvalue weighted by molar-refractivity contribution is 6.32. The van der Waals surface area contributed by atoms with E-state index in [-0.39, 0.29) is 22.8 Å². The number of carbonyl (C=O) groups excluding carboxylic acids is 1. The Balaban J connectivity index is 2.48. The molecule has 0 radical (unpaired) electrons. The van der Waals surface area contributed by atoms with Gasteiger partial charge < -0.3 is 15.2 Å². The molecular formula is C12H16ClNO3. The van der Waals surface area contributed by atoms with Gasteiger partial charge in [0.05, 0.1) is 11.1 Å². The van der Waals surface area contributed by atoms with E-state index in [1.165, 1.54) is 12.1 Å². The standard InChI is InChI=1S/C12H16ClNO3/c1-8(17-2)3-6-12(16)14-9-4-5-10(13)11(15)7-9/h4-5,7-8,15H,3,6H2,1-2H3,(H,14,16). The predicted octanol–water partition coefficient (Wildman–Crippen LogP) is 2.80. The summed E-state index contributed by atoms with van der Waals surface area (Å²) in [6.07, 6.45) is 1.08. The molecule has 1 aromatic rings. The number of aromatic hydroxyl groups is 1. The van der Waals surface area contributed by atoms with Gasteiger partial charge in [0.15, 0.2) is 0 Å². The number of benzene rings is 1. The van der Waals surface area contributed by atoms with Crippen LogP contribution in [0.3, 0.4) is 0 Å². The molecule has 0 saturated carbocycles. The van der Waals surface area contributed by atoms with Crippen molar-refractivity contribution in [1.29, 1.82) is 0 Å². The summed E-state index contributed by atoms with van der Waals surface area (Å²) in [5.74, 6) is -0.162. The Labute approximate surface area is 106 Å². The van der Waals surface area contributed by atoms with Crippen molar-refractivity contribution in [3.63, 3.8) is 0 Å². The van der Waals surface area contributed by atoms with E-state index in [1.807, 2.05) is 6.92 Å². The van der Waals surface area contributed by atoms with Crippen LogP contribution in [0.1, 0.15) is 19.8 Å². The number of nitrogens with one attached hydrogen (secondary N) is 1. The molecular weight excluding hydrogens is 242 g/mol. The molecule has 0 aliphatic heterocycles. The van der Waals surface area contributed by atoms with Gasteiger partial charge in [-0.05, 0) is 25.5 Å². The second-order valence-corrected chi connectivity index (χ2v) is 4.21. The molecule has 0 aliphatic rings. The fourth-order valence-electron chi connectivity index (χ4n) is 1.27. The van der Waals surface area contributed by atoms with Crippen LogP contribution in [0, 0.1) is 0 Å². The third kappa shape index (κ3) is 4.63. The molecule has 1 atom stereocenters. The number of amides is 1. The number of halogens is 1. The quantitative estimate of drug-likeness (QED) is 0.853. The Morgan fingerprint density at radius 3 is 2.88 bits per heavy atom. The third-order valence-electron chi connectivity index (χ3n) is 2.41. The number of anilines is 1. The van der Waals surface area contributed by atoms with Crippen molar-refractivity contribution in [2.24, 2.45) is 0 Å². The molecule has 0 aliphatic carbocycles. The van der Waals surface area contributed by atoms with Crippen molar-refractivity contribution in [3.05, 3.63) is 23.2 Å². The zero-order chi connectivity index (χ0) is 12.8. The van der Waals surface area contributed by atoms with E-state index >= 15 is 0 Å². The smallest absolute Gasteiger partial charge is 0.224 e. The van der Waals surface area contributed by atoms with Crippen LogP contribution in [0.4, 0.5) is 5.69 Å². The number of carbonyl (C=O) groups is 1. The van der Waals surface area contributed by atoms with Gasteiger partial charge in [-0.1, -0.05) is 11.6 Å². The molecule has 0 aromatic heterocycles. The molecule has 1 rings (SSSR count). The summed E-state index contributed by atoms with van der Waals surface area (Å²) in [6.45, 7) is 1.90. The molecule has 0 heterocycles. The minimum atomic E-state index is -0.115. The van der Waals surface area contributed by atoms with Gasteiger partial charge in [0, 0.05) is 25.3 Å². The van der Waals surface area contributed by atoms with Gasteiger partial charge >= 0.3 is 0 Å². The first-order valence-corrected chi connectivity index (χ1v) is 5.72. The zero-order valence-electron chi connectivity index (χ0n) is 9.87. The van der Waals surface area contributed by atoms with Crippen LogP contribution in [-0.4, -0.2) is 24.2 Å². The fourth-order valence-corrected chi connectivity index (χ4v) is 1.38. The fraction of sp³-hybridized carbons (Fsp3) is 0.417. The molecule has 0 bridgehead atoms. The van der Waals surface area contributed by atoms with Crippen LogP contribution in [0.2, 0.25) is 5.02 Å². The van der Waals surface area contributed by atoms with Gasteiger partial charge in [-0.2, -0.15) is 0 Å². The van der Waals surface area contributed by atoms with Crippen molar-refractivity contribution in [2.75, 3.05) is 12.4 Å². The lowest BCUT2D eigenvalue weighted by molar-refractivity contribution is -0.116. The SMILES string of the molecule is COC(C)CCC(=O)Nc1ccc(Cl)c(O)c1. The Bertz CT molecular complexity index is 395. The van der Waals surface area contributed by atoms with Crippen molar-refractivity contribution in [2.45, 2.75) is 25.9 Å². The van der Waals surface area contributed by atoms with Gasteiger partial charge in [-0.25, -0.2) is 0 Å². The van der Waals surface area contributed by atoms with Crippen LogP contribution in [0.25, 0.3) is 0 Å². The van der Waals surface area contributed by atoms with Gasteiger partial charge in [0.1, 0.15) is 5.75 Å². The molecule has 17 heavy (non-hydrogen) atoms. The number of ether oxygens (including phenoxy) is 1. The highest BCUT2D eigenvalue weighted by Crippen LogP contribution is 2.26. The lowest BCUT2D eigenvalue weighted by Crippen LogP contribution is -2.15. The third-order valence-corrected chi connectivity index (χ3v) is 2.73. The Morgan fingerprint density at radius 1 is 1.59 bits per heavy atom. The largest absolute Gasteiger partial charge is 0.506 e. The summed E-state index contributed by atoms with van der Waals surface area (Å²) < 4.78 is 5.05. The predicted molar refractivity (Wildman–Crippen MR) is 67.5 cm³/mol. The minimum Gasteiger partial charge on any atom is -0.506 e. The molecule has 0 fully saturated rings. The molecule has 94 valence electrons. The summed E-state index contributed by atoms with van der Waals surface area (Å²) >= 11 is 5.66. The normalized spacial score (nSPS) is 12.2. The Kier molecular flexibility index (Phi) is 5.25. The van der Waals surface area contributed by atoms with Crippen LogP contribution in [-0.2, 0) is 9.53 Å². The molecule has 5 heteroatoms. The molecule has 2 N–H and O–H groups in total. The minimum absolute atomic E-state index is 0.0465. The van der Waals surface area contributed by atoms with Crippen LogP contribution < -0.4 is 5.32 Å². The Hall–Kier alpha value is -1.26. The van der Waals surface area contributed by atoms with Gasteiger partial charge in [-0.15, -0.1) is 0 Å². The maximum Gasteiger partial charge on any atom is 0.224 e. The topological polar surface area (TPSA) is 58.6 Å². The van der Waals surface area contributed by atoms with Crippen LogP contribution in [0.15, 0.2) is 18.2 Å². The maximum atomic E-state index is 11.5. The zero-order valence-corrected chi connectivity index (χ0v) is 10.6. The van der Waals surface area contributed by atoms with E-state index in [4.69, 9.17) is 16.3 Å². The van der Waals surface area contributed by atoms with Gasteiger partial charge in [0.25, 0.3) is 0 Å². The lowest BCUT2D eigenvalue weighted by atomic mass is 10.2. The van der Waals surface area contributed by atoms with E-state index in [0.717, 1.165) is 0 Å². The maximum absolute atomic E-state index is 11.5. The molecule has 4 nitrogen and oxygen atoms in total. The summed E-state index contributed by atoms with van der Waals surface area (Å²) in [7, 11) is 1.61. The summed E-state index contributed by atoms with van der Waals surface area (Å²) in [4.78, 5) is 11.5.